The van der Waals surface area contributed by atoms with Crippen molar-refractivity contribution in [3.05, 3.63) is 63.7 Å². The van der Waals surface area contributed by atoms with Crippen molar-refractivity contribution in [1.82, 2.24) is 0 Å². The summed E-state index contributed by atoms with van der Waals surface area (Å²) in [6, 6.07) is 12.2. The van der Waals surface area contributed by atoms with Crippen molar-refractivity contribution in [3.8, 4) is 6.07 Å². The molecule has 100 valence electrons. The van der Waals surface area contributed by atoms with Gasteiger partial charge in [-0.1, -0.05) is 17.7 Å². The number of nitrogens with one attached hydrogen (secondary N) is 1. The number of halogens is 1. The maximum Gasteiger partial charge on any atom is 0.255 e. The Morgan fingerprint density at radius 1 is 1.20 bits per heavy atom. The van der Waals surface area contributed by atoms with Gasteiger partial charge in [0.05, 0.1) is 22.3 Å². The predicted molar refractivity (Wildman–Crippen MR) is 80.0 cm³/mol. The Morgan fingerprint density at radius 2 is 1.85 bits per heavy atom. The summed E-state index contributed by atoms with van der Waals surface area (Å²) in [5, 5.41) is 12.1. The molecule has 0 aliphatic rings. The van der Waals surface area contributed by atoms with E-state index in [1.165, 1.54) is 0 Å². The van der Waals surface area contributed by atoms with Gasteiger partial charge in [0.15, 0.2) is 0 Å². The Bertz CT molecular complexity index is 676. The van der Waals surface area contributed by atoms with E-state index in [1.54, 1.807) is 24.3 Å². The van der Waals surface area contributed by atoms with Crippen molar-refractivity contribution in [2.24, 2.45) is 0 Å². The second-order valence-electron chi connectivity index (χ2n) is 4.58. The van der Waals surface area contributed by atoms with Gasteiger partial charge in [-0.05, 0) is 55.3 Å². The molecule has 3 nitrogen and oxygen atoms in total. The standard InChI is InChI=1S/C16H13ClN2O/c1-10-7-11(2)15(14(17)8-10)19-16(20)13-5-3-12(9-18)4-6-13/h3-8H,1-2H3,(H,19,20). The van der Waals surface area contributed by atoms with Crippen LogP contribution in [-0.4, -0.2) is 5.91 Å². The molecule has 0 aliphatic heterocycles. The Kier molecular flexibility index (Phi) is 4.07. The number of nitriles is 1. The number of anilines is 1. The molecule has 20 heavy (non-hydrogen) atoms. The highest BCUT2D eigenvalue weighted by Crippen LogP contribution is 2.27. The molecule has 0 spiro atoms. The molecule has 0 aromatic heterocycles. The van der Waals surface area contributed by atoms with Gasteiger partial charge in [0.25, 0.3) is 5.91 Å². The van der Waals surface area contributed by atoms with E-state index in [0.717, 1.165) is 11.1 Å². The number of nitrogens with zero attached hydrogens (tertiary/aromatic N) is 1. The van der Waals surface area contributed by atoms with Gasteiger partial charge in [-0.2, -0.15) is 5.26 Å². The summed E-state index contributed by atoms with van der Waals surface area (Å²) in [6.45, 7) is 3.85. The first-order valence-corrected chi connectivity index (χ1v) is 6.47. The van der Waals surface area contributed by atoms with Crippen LogP contribution in [0.5, 0.6) is 0 Å². The van der Waals surface area contributed by atoms with Crippen LogP contribution in [0.2, 0.25) is 5.02 Å². The number of carbonyl (C=O) groups is 1. The lowest BCUT2D eigenvalue weighted by atomic mass is 10.1. The second-order valence-corrected chi connectivity index (χ2v) is 4.99. The summed E-state index contributed by atoms with van der Waals surface area (Å²) >= 11 is 6.16. The quantitative estimate of drug-likeness (QED) is 0.903. The van der Waals surface area contributed by atoms with Gasteiger partial charge in [-0.15, -0.1) is 0 Å². The summed E-state index contributed by atoms with van der Waals surface area (Å²) in [7, 11) is 0. The summed E-state index contributed by atoms with van der Waals surface area (Å²) < 4.78 is 0. The van der Waals surface area contributed by atoms with Crippen LogP contribution in [0.15, 0.2) is 36.4 Å². The van der Waals surface area contributed by atoms with Crippen LogP contribution in [0.3, 0.4) is 0 Å². The van der Waals surface area contributed by atoms with E-state index in [-0.39, 0.29) is 5.91 Å². The molecule has 0 fully saturated rings. The number of benzene rings is 2. The molecule has 0 unspecified atom stereocenters. The molecular weight excluding hydrogens is 272 g/mol. The van der Waals surface area contributed by atoms with Crippen molar-refractivity contribution >= 4 is 23.2 Å². The Balaban J connectivity index is 2.26. The van der Waals surface area contributed by atoms with Crippen LogP contribution in [0, 0.1) is 25.2 Å². The van der Waals surface area contributed by atoms with Crippen molar-refractivity contribution in [1.29, 1.82) is 5.26 Å². The zero-order chi connectivity index (χ0) is 14.7. The molecule has 0 bridgehead atoms. The molecule has 4 heteroatoms. The van der Waals surface area contributed by atoms with Gasteiger partial charge in [0.2, 0.25) is 0 Å². The minimum atomic E-state index is -0.247. The highest BCUT2D eigenvalue weighted by molar-refractivity contribution is 6.34. The minimum absolute atomic E-state index is 0.247. The van der Waals surface area contributed by atoms with Crippen LogP contribution in [0.25, 0.3) is 0 Å². The summed E-state index contributed by atoms with van der Waals surface area (Å²) in [5.41, 5.74) is 3.58. The van der Waals surface area contributed by atoms with Crippen LogP contribution in [-0.2, 0) is 0 Å². The van der Waals surface area contributed by atoms with Gasteiger partial charge in [-0.25, -0.2) is 0 Å². The molecule has 2 rings (SSSR count). The third-order valence-electron chi connectivity index (χ3n) is 2.95. The number of hydrogen-bond acceptors (Lipinski definition) is 2. The molecule has 0 heterocycles. The fourth-order valence-corrected chi connectivity index (χ4v) is 2.32. The van der Waals surface area contributed by atoms with Crippen LogP contribution >= 0.6 is 11.6 Å². The fourth-order valence-electron chi connectivity index (χ4n) is 1.96. The van der Waals surface area contributed by atoms with E-state index in [4.69, 9.17) is 16.9 Å². The van der Waals surface area contributed by atoms with E-state index in [1.807, 2.05) is 32.0 Å². The zero-order valence-electron chi connectivity index (χ0n) is 11.2. The lowest BCUT2D eigenvalue weighted by Gasteiger charge is -2.11. The largest absolute Gasteiger partial charge is 0.320 e. The van der Waals surface area contributed by atoms with E-state index in [0.29, 0.717) is 21.8 Å². The molecule has 0 saturated heterocycles. The van der Waals surface area contributed by atoms with Gasteiger partial charge >= 0.3 is 0 Å². The highest BCUT2D eigenvalue weighted by Gasteiger charge is 2.11. The smallest absolute Gasteiger partial charge is 0.255 e. The zero-order valence-corrected chi connectivity index (χ0v) is 12.0. The maximum absolute atomic E-state index is 12.2. The van der Waals surface area contributed by atoms with Crippen molar-refractivity contribution in [2.45, 2.75) is 13.8 Å². The van der Waals surface area contributed by atoms with E-state index in [2.05, 4.69) is 5.32 Å². The first-order chi connectivity index (χ1) is 9.51. The number of rotatable bonds is 2. The van der Waals surface area contributed by atoms with E-state index >= 15 is 0 Å². The molecule has 0 aliphatic carbocycles. The average Bonchev–Trinajstić information content (AvgIpc) is 2.42. The SMILES string of the molecule is Cc1cc(C)c(NC(=O)c2ccc(C#N)cc2)c(Cl)c1. The second kappa shape index (κ2) is 5.77. The number of carbonyl (C=O) groups excluding carboxylic acids is 1. The fraction of sp³-hybridized carbons (Fsp3) is 0.125. The molecule has 1 amide bonds. The van der Waals surface area contributed by atoms with Crippen molar-refractivity contribution in [3.63, 3.8) is 0 Å². The Morgan fingerprint density at radius 3 is 2.40 bits per heavy atom. The third-order valence-corrected chi connectivity index (χ3v) is 3.24. The van der Waals surface area contributed by atoms with Crippen LogP contribution in [0.1, 0.15) is 27.0 Å². The average molecular weight is 285 g/mol. The minimum Gasteiger partial charge on any atom is -0.320 e. The molecule has 2 aromatic carbocycles. The van der Waals surface area contributed by atoms with Crippen LogP contribution in [0.4, 0.5) is 5.69 Å². The first kappa shape index (κ1) is 14.1. The first-order valence-electron chi connectivity index (χ1n) is 6.09. The molecule has 2 aromatic rings. The topological polar surface area (TPSA) is 52.9 Å². The normalized spacial score (nSPS) is 9.90. The Labute approximate surface area is 122 Å². The maximum atomic E-state index is 12.2. The highest BCUT2D eigenvalue weighted by atomic mass is 35.5. The van der Waals surface area contributed by atoms with Gasteiger partial charge in [0.1, 0.15) is 0 Å². The van der Waals surface area contributed by atoms with Gasteiger partial charge < -0.3 is 5.32 Å². The van der Waals surface area contributed by atoms with E-state index in [9.17, 15) is 4.79 Å². The molecular formula is C16H13ClN2O. The number of hydrogen-bond donors (Lipinski definition) is 1. The molecule has 0 atom stereocenters. The van der Waals surface area contributed by atoms with Crippen molar-refractivity contribution < 1.29 is 4.79 Å². The molecule has 0 radical (unpaired) electrons. The summed E-state index contributed by atoms with van der Waals surface area (Å²) in [4.78, 5) is 12.2. The summed E-state index contributed by atoms with van der Waals surface area (Å²) in [6.07, 6.45) is 0. The van der Waals surface area contributed by atoms with Crippen LogP contribution < -0.4 is 5.32 Å². The molecule has 1 N–H and O–H groups in total. The van der Waals surface area contributed by atoms with Gasteiger partial charge in [0, 0.05) is 5.56 Å². The van der Waals surface area contributed by atoms with Gasteiger partial charge in [-0.3, -0.25) is 4.79 Å². The lowest BCUT2D eigenvalue weighted by Crippen LogP contribution is -2.13. The number of aryl methyl sites for hydroxylation is 2. The third kappa shape index (κ3) is 2.98. The monoisotopic (exact) mass is 284 g/mol. The lowest BCUT2D eigenvalue weighted by molar-refractivity contribution is 0.102. The Hall–Kier alpha value is -2.31. The van der Waals surface area contributed by atoms with E-state index < -0.39 is 0 Å². The molecule has 0 saturated carbocycles. The predicted octanol–water partition coefficient (Wildman–Crippen LogP) is 4.08. The van der Waals surface area contributed by atoms with Crippen molar-refractivity contribution in [2.75, 3.05) is 5.32 Å². The summed E-state index contributed by atoms with van der Waals surface area (Å²) in [5.74, 6) is -0.247. The number of amides is 1.